The zero-order valence-corrected chi connectivity index (χ0v) is 9.83. The molecule has 0 spiro atoms. The van der Waals surface area contributed by atoms with E-state index in [2.05, 4.69) is 10.3 Å². The lowest BCUT2D eigenvalue weighted by molar-refractivity contribution is 0.101. The predicted molar refractivity (Wildman–Crippen MR) is 61.4 cm³/mol. The third-order valence-corrected chi connectivity index (χ3v) is 2.88. The van der Waals surface area contributed by atoms with E-state index in [0.717, 1.165) is 0 Å². The lowest BCUT2D eigenvalue weighted by Crippen LogP contribution is -2.06. The number of Topliss-reactive ketones (excluding diaryl/α,β-unsaturated/α-hetero) is 1. The van der Waals surface area contributed by atoms with Gasteiger partial charge in [-0.05, 0) is 12.1 Å². The molecule has 0 saturated heterocycles. The van der Waals surface area contributed by atoms with Crippen molar-refractivity contribution in [1.29, 1.82) is 0 Å². The number of carbonyl (C=O) groups excluding carboxylic acids is 1. The summed E-state index contributed by atoms with van der Waals surface area (Å²) in [6.07, 6.45) is 1.39. The van der Waals surface area contributed by atoms with E-state index in [1.54, 1.807) is 18.2 Å². The van der Waals surface area contributed by atoms with Gasteiger partial charge in [0.1, 0.15) is 5.69 Å². The zero-order valence-electron chi connectivity index (χ0n) is 8.32. The van der Waals surface area contributed by atoms with E-state index in [4.69, 9.17) is 23.2 Å². The molecular formula is C10H7Cl2N3O. The topological polar surface area (TPSA) is 47.8 Å². The van der Waals surface area contributed by atoms with Crippen molar-refractivity contribution in [2.45, 2.75) is 6.92 Å². The number of halogens is 2. The lowest BCUT2D eigenvalue weighted by atomic mass is 10.3. The Hall–Kier alpha value is -1.39. The van der Waals surface area contributed by atoms with Crippen LogP contribution in [-0.2, 0) is 0 Å². The van der Waals surface area contributed by atoms with E-state index in [0.29, 0.717) is 21.4 Å². The maximum Gasteiger partial charge on any atom is 0.179 e. The van der Waals surface area contributed by atoms with Crippen LogP contribution in [0.5, 0.6) is 0 Å². The van der Waals surface area contributed by atoms with Crippen LogP contribution >= 0.6 is 23.2 Å². The van der Waals surface area contributed by atoms with Crippen molar-refractivity contribution in [3.8, 4) is 5.69 Å². The average Bonchev–Trinajstić information content (AvgIpc) is 2.70. The van der Waals surface area contributed by atoms with Crippen molar-refractivity contribution in [1.82, 2.24) is 15.0 Å². The van der Waals surface area contributed by atoms with Crippen LogP contribution in [0.4, 0.5) is 0 Å². The van der Waals surface area contributed by atoms with Gasteiger partial charge >= 0.3 is 0 Å². The van der Waals surface area contributed by atoms with Crippen molar-refractivity contribution in [2.75, 3.05) is 0 Å². The van der Waals surface area contributed by atoms with E-state index in [1.807, 2.05) is 0 Å². The Kier molecular flexibility index (Phi) is 2.94. The molecule has 16 heavy (non-hydrogen) atoms. The highest BCUT2D eigenvalue weighted by atomic mass is 35.5. The first-order chi connectivity index (χ1) is 7.61. The minimum absolute atomic E-state index is 0.138. The number of carbonyl (C=O) groups is 1. The van der Waals surface area contributed by atoms with Crippen LogP contribution in [-0.4, -0.2) is 20.8 Å². The summed E-state index contributed by atoms with van der Waals surface area (Å²) in [5.41, 5.74) is 0.904. The molecule has 0 N–H and O–H groups in total. The van der Waals surface area contributed by atoms with Gasteiger partial charge in [0.05, 0.1) is 21.9 Å². The second-order valence-corrected chi connectivity index (χ2v) is 3.95. The number of aromatic nitrogens is 3. The monoisotopic (exact) mass is 255 g/mol. The van der Waals surface area contributed by atoms with Crippen LogP contribution in [0.25, 0.3) is 5.69 Å². The highest BCUT2D eigenvalue weighted by Crippen LogP contribution is 2.28. The van der Waals surface area contributed by atoms with Gasteiger partial charge in [-0.15, -0.1) is 5.10 Å². The molecule has 0 fully saturated rings. The van der Waals surface area contributed by atoms with Crippen molar-refractivity contribution in [3.63, 3.8) is 0 Å². The maximum atomic E-state index is 11.3. The SMILES string of the molecule is CC(=O)c1cnnn1-c1cccc(Cl)c1Cl. The highest BCUT2D eigenvalue weighted by molar-refractivity contribution is 6.43. The molecule has 82 valence electrons. The fourth-order valence-corrected chi connectivity index (χ4v) is 1.68. The van der Waals surface area contributed by atoms with Crippen LogP contribution in [0.15, 0.2) is 24.4 Å². The summed E-state index contributed by atoms with van der Waals surface area (Å²) in [5.74, 6) is -0.138. The summed E-state index contributed by atoms with van der Waals surface area (Å²) in [4.78, 5) is 11.3. The van der Waals surface area contributed by atoms with Gasteiger partial charge < -0.3 is 0 Å². The first kappa shape index (κ1) is 11.1. The molecule has 2 rings (SSSR count). The molecule has 0 amide bonds. The second kappa shape index (κ2) is 4.23. The summed E-state index contributed by atoms with van der Waals surface area (Å²) in [6, 6.07) is 5.11. The first-order valence-electron chi connectivity index (χ1n) is 4.47. The van der Waals surface area contributed by atoms with Gasteiger partial charge in [0, 0.05) is 6.92 Å². The number of hydrogen-bond acceptors (Lipinski definition) is 3. The van der Waals surface area contributed by atoms with Crippen molar-refractivity contribution < 1.29 is 4.79 Å². The molecule has 0 bridgehead atoms. The Labute approximate surface area is 102 Å². The molecule has 0 radical (unpaired) electrons. The molecule has 0 atom stereocenters. The molecule has 2 aromatic rings. The predicted octanol–water partition coefficient (Wildman–Crippen LogP) is 2.78. The highest BCUT2D eigenvalue weighted by Gasteiger charge is 2.14. The maximum absolute atomic E-state index is 11.3. The zero-order chi connectivity index (χ0) is 11.7. The molecule has 4 nitrogen and oxygen atoms in total. The van der Waals surface area contributed by atoms with E-state index in [9.17, 15) is 4.79 Å². The molecule has 1 aromatic heterocycles. The largest absolute Gasteiger partial charge is 0.293 e. The van der Waals surface area contributed by atoms with Gasteiger partial charge in [-0.25, -0.2) is 4.68 Å². The van der Waals surface area contributed by atoms with Gasteiger partial charge in [-0.2, -0.15) is 0 Å². The fourth-order valence-electron chi connectivity index (χ4n) is 1.31. The van der Waals surface area contributed by atoms with Crippen LogP contribution in [0.1, 0.15) is 17.4 Å². The summed E-state index contributed by atoms with van der Waals surface area (Å²) in [6.45, 7) is 1.44. The van der Waals surface area contributed by atoms with E-state index >= 15 is 0 Å². The molecular weight excluding hydrogens is 249 g/mol. The van der Waals surface area contributed by atoms with Crippen molar-refractivity contribution >= 4 is 29.0 Å². The molecule has 0 aliphatic rings. The van der Waals surface area contributed by atoms with E-state index in [-0.39, 0.29) is 5.78 Å². The summed E-state index contributed by atoms with van der Waals surface area (Å²) in [5, 5.41) is 8.24. The Morgan fingerprint density at radius 3 is 2.81 bits per heavy atom. The lowest BCUT2D eigenvalue weighted by Gasteiger charge is -2.06. The smallest absolute Gasteiger partial charge is 0.179 e. The molecule has 6 heteroatoms. The van der Waals surface area contributed by atoms with Crippen LogP contribution < -0.4 is 0 Å². The Morgan fingerprint density at radius 1 is 1.38 bits per heavy atom. The minimum atomic E-state index is -0.138. The molecule has 0 unspecified atom stereocenters. The molecule has 1 aromatic carbocycles. The van der Waals surface area contributed by atoms with E-state index in [1.165, 1.54) is 17.8 Å². The van der Waals surface area contributed by atoms with Gasteiger partial charge in [0.15, 0.2) is 5.78 Å². The Bertz CT molecular complexity index is 551. The second-order valence-electron chi connectivity index (χ2n) is 3.16. The van der Waals surface area contributed by atoms with Crippen molar-refractivity contribution in [2.24, 2.45) is 0 Å². The quantitative estimate of drug-likeness (QED) is 0.776. The van der Waals surface area contributed by atoms with Gasteiger partial charge in [-0.3, -0.25) is 4.79 Å². The number of ketones is 1. The summed E-state index contributed by atoms with van der Waals surface area (Å²) < 4.78 is 1.37. The third-order valence-electron chi connectivity index (χ3n) is 2.07. The van der Waals surface area contributed by atoms with Gasteiger partial charge in [-0.1, -0.05) is 34.5 Å². The molecule has 0 aliphatic heterocycles. The Balaban J connectivity index is 2.63. The molecule has 1 heterocycles. The average molecular weight is 256 g/mol. The summed E-state index contributed by atoms with van der Waals surface area (Å²) >= 11 is 11.9. The first-order valence-corrected chi connectivity index (χ1v) is 5.23. The van der Waals surface area contributed by atoms with Crippen molar-refractivity contribution in [3.05, 3.63) is 40.1 Å². The number of benzene rings is 1. The van der Waals surface area contributed by atoms with Gasteiger partial charge in [0.25, 0.3) is 0 Å². The van der Waals surface area contributed by atoms with Crippen LogP contribution in [0.2, 0.25) is 10.0 Å². The standard InChI is InChI=1S/C10H7Cl2N3O/c1-6(16)9-5-13-14-15(9)8-4-2-3-7(11)10(8)12/h2-5H,1H3. The summed E-state index contributed by atoms with van der Waals surface area (Å²) in [7, 11) is 0. The molecule has 0 saturated carbocycles. The van der Waals surface area contributed by atoms with Gasteiger partial charge in [0.2, 0.25) is 0 Å². The number of hydrogen-bond donors (Lipinski definition) is 0. The normalized spacial score (nSPS) is 10.4. The third kappa shape index (κ3) is 1.81. The number of nitrogens with zero attached hydrogens (tertiary/aromatic N) is 3. The Morgan fingerprint density at radius 2 is 2.12 bits per heavy atom. The number of rotatable bonds is 2. The van der Waals surface area contributed by atoms with Crippen LogP contribution in [0.3, 0.4) is 0 Å². The minimum Gasteiger partial charge on any atom is -0.293 e. The molecule has 0 aliphatic carbocycles. The fraction of sp³-hybridized carbons (Fsp3) is 0.100. The van der Waals surface area contributed by atoms with Crippen LogP contribution in [0, 0.1) is 0 Å². The van der Waals surface area contributed by atoms with E-state index < -0.39 is 0 Å².